The normalized spacial score (nSPS) is 22.2. The van der Waals surface area contributed by atoms with Crippen LogP contribution in [0.2, 0.25) is 0 Å². The van der Waals surface area contributed by atoms with E-state index in [2.05, 4.69) is 5.32 Å². The molecule has 0 bridgehead atoms. The van der Waals surface area contributed by atoms with Crippen molar-refractivity contribution < 1.29 is 37.0 Å². The number of amides is 1. The number of alkyl halides is 3. The Kier molecular flexibility index (Phi) is 6.11. The molecule has 0 aromatic carbocycles. The fraction of sp³-hybridized carbons (Fsp3) is 0.500. The van der Waals surface area contributed by atoms with Gasteiger partial charge in [-0.15, -0.1) is 0 Å². The van der Waals surface area contributed by atoms with Crippen molar-refractivity contribution in [3.63, 3.8) is 0 Å². The van der Waals surface area contributed by atoms with Gasteiger partial charge in [-0.25, -0.2) is 0 Å². The van der Waals surface area contributed by atoms with Crippen LogP contribution < -0.4 is 5.32 Å². The molecule has 0 aliphatic carbocycles. The summed E-state index contributed by atoms with van der Waals surface area (Å²) in [5, 5.41) is 22.3. The van der Waals surface area contributed by atoms with E-state index in [1.807, 2.05) is 6.07 Å². The van der Waals surface area contributed by atoms with Crippen molar-refractivity contribution in [3.8, 4) is 0 Å². The highest BCUT2D eigenvalue weighted by Gasteiger charge is 2.43. The number of hydrogen-bond acceptors (Lipinski definition) is 6. The van der Waals surface area contributed by atoms with Crippen molar-refractivity contribution in [1.82, 2.24) is 10.2 Å². The minimum absolute atomic E-state index is 0.0638. The number of hydrogen-bond donors (Lipinski definition) is 3. The molecule has 0 saturated heterocycles. The molecule has 0 saturated carbocycles. The van der Waals surface area contributed by atoms with Crippen molar-refractivity contribution in [1.29, 1.82) is 0 Å². The maximum Gasteiger partial charge on any atom is 0.471 e. The summed E-state index contributed by atoms with van der Waals surface area (Å²) in [5.74, 6) is -0.837. The molecule has 154 valence electrons. The van der Waals surface area contributed by atoms with Gasteiger partial charge in [-0.1, -0.05) is 0 Å². The molecular weight excluding hydrogens is 381 g/mol. The van der Waals surface area contributed by atoms with Crippen molar-refractivity contribution in [3.05, 3.63) is 47.3 Å². The van der Waals surface area contributed by atoms with Crippen molar-refractivity contribution in [2.24, 2.45) is 0 Å². The number of furan rings is 2. The van der Waals surface area contributed by atoms with E-state index in [-0.39, 0.29) is 31.4 Å². The minimum atomic E-state index is -4.90. The second kappa shape index (κ2) is 8.38. The molecule has 0 spiro atoms. The fourth-order valence-electron chi connectivity index (χ4n) is 3.20. The lowest BCUT2D eigenvalue weighted by Gasteiger charge is -2.21. The van der Waals surface area contributed by atoms with Gasteiger partial charge in [0.1, 0.15) is 11.5 Å². The lowest BCUT2D eigenvalue weighted by atomic mass is 10.1. The molecule has 0 radical (unpaired) electrons. The van der Waals surface area contributed by atoms with Gasteiger partial charge in [0.05, 0.1) is 37.8 Å². The van der Waals surface area contributed by atoms with E-state index in [9.17, 15) is 28.2 Å². The molecule has 10 heteroatoms. The summed E-state index contributed by atoms with van der Waals surface area (Å²) in [6.07, 6.45) is -2.40. The van der Waals surface area contributed by atoms with E-state index in [0.717, 1.165) is 30.8 Å². The van der Waals surface area contributed by atoms with Crippen LogP contribution in [-0.2, 0) is 17.9 Å². The average Bonchev–Trinajstić information content (AvgIpc) is 3.23. The van der Waals surface area contributed by atoms with E-state index in [4.69, 9.17) is 8.83 Å². The van der Waals surface area contributed by atoms with Gasteiger partial charge in [0, 0.05) is 17.7 Å². The first-order valence-corrected chi connectivity index (χ1v) is 8.83. The lowest BCUT2D eigenvalue weighted by Crippen LogP contribution is -2.40. The fourth-order valence-corrected chi connectivity index (χ4v) is 3.20. The summed E-state index contributed by atoms with van der Waals surface area (Å²) in [6, 6.07) is 3.34. The zero-order valence-electron chi connectivity index (χ0n) is 14.9. The van der Waals surface area contributed by atoms with Crippen LogP contribution in [0, 0.1) is 0 Å². The van der Waals surface area contributed by atoms with Crippen LogP contribution in [-0.4, -0.2) is 40.3 Å². The van der Waals surface area contributed by atoms with Gasteiger partial charge in [-0.2, -0.15) is 13.2 Å². The Balaban J connectivity index is 0.000000176. The van der Waals surface area contributed by atoms with Crippen molar-refractivity contribution >= 4 is 5.91 Å². The van der Waals surface area contributed by atoms with E-state index in [1.165, 1.54) is 12.3 Å². The van der Waals surface area contributed by atoms with Gasteiger partial charge >= 0.3 is 12.1 Å². The Bertz CT molecular complexity index is 801. The lowest BCUT2D eigenvalue weighted by molar-refractivity contribution is -0.186. The smallest absolute Gasteiger partial charge is 0.468 e. The van der Waals surface area contributed by atoms with Crippen LogP contribution in [0.25, 0.3) is 0 Å². The maximum absolute atomic E-state index is 12.3. The Morgan fingerprint density at radius 1 is 1.07 bits per heavy atom. The number of rotatable bonds is 0. The Labute approximate surface area is 158 Å². The summed E-state index contributed by atoms with van der Waals surface area (Å²) >= 11 is 0. The second-order valence-electron chi connectivity index (χ2n) is 6.61. The number of aliphatic hydroxyl groups excluding tert-OH is 2. The first-order chi connectivity index (χ1) is 13.3. The van der Waals surface area contributed by atoms with Crippen LogP contribution in [0.1, 0.15) is 47.7 Å². The van der Waals surface area contributed by atoms with Crippen LogP contribution in [0.3, 0.4) is 0 Å². The van der Waals surface area contributed by atoms with Gasteiger partial charge in [-0.05, 0) is 31.5 Å². The molecule has 2 unspecified atom stereocenters. The number of carbonyl (C=O) groups is 1. The van der Waals surface area contributed by atoms with Gasteiger partial charge in [0.2, 0.25) is 0 Å². The number of nitrogens with zero attached hydrogens (tertiary/aromatic N) is 1. The quantitative estimate of drug-likeness (QED) is 0.626. The molecule has 2 aromatic heterocycles. The zero-order valence-corrected chi connectivity index (χ0v) is 14.9. The van der Waals surface area contributed by atoms with Crippen LogP contribution in [0.5, 0.6) is 0 Å². The first kappa shape index (κ1) is 20.4. The van der Waals surface area contributed by atoms with E-state index in [0.29, 0.717) is 10.5 Å². The topological polar surface area (TPSA) is 99.1 Å². The maximum atomic E-state index is 12.3. The molecular formula is C18H21F3N2O5. The number of fused-ring (bicyclic) bond motifs is 2. The number of nitrogens with one attached hydrogen (secondary N) is 1. The molecule has 2 aliphatic heterocycles. The van der Waals surface area contributed by atoms with Crippen molar-refractivity contribution in [2.45, 2.75) is 44.3 Å². The minimum Gasteiger partial charge on any atom is -0.468 e. The highest BCUT2D eigenvalue weighted by molar-refractivity contribution is 5.81. The van der Waals surface area contributed by atoms with Gasteiger partial charge < -0.3 is 29.3 Å². The average molecular weight is 402 g/mol. The molecule has 7 nitrogen and oxygen atoms in total. The zero-order chi connectivity index (χ0) is 20.3. The van der Waals surface area contributed by atoms with Crippen LogP contribution in [0.15, 0.2) is 33.5 Å². The predicted octanol–water partition coefficient (Wildman–Crippen LogP) is 2.41. The van der Waals surface area contributed by atoms with Crippen LogP contribution in [0.4, 0.5) is 13.2 Å². The molecule has 28 heavy (non-hydrogen) atoms. The predicted molar refractivity (Wildman–Crippen MR) is 89.7 cm³/mol. The first-order valence-electron chi connectivity index (χ1n) is 8.83. The SMILES string of the molecule is O=C(N1CCC(O)c2ccoc2C1)C(F)(F)F.OC1CCNCc2occc21. The molecule has 1 amide bonds. The molecule has 3 N–H and O–H groups in total. The highest BCUT2D eigenvalue weighted by Crippen LogP contribution is 2.29. The third kappa shape index (κ3) is 4.57. The third-order valence-corrected chi connectivity index (χ3v) is 4.69. The molecule has 4 heterocycles. The summed E-state index contributed by atoms with van der Waals surface area (Å²) in [7, 11) is 0. The molecule has 2 aliphatic rings. The summed E-state index contributed by atoms with van der Waals surface area (Å²) in [6.45, 7) is 1.17. The monoisotopic (exact) mass is 402 g/mol. The van der Waals surface area contributed by atoms with E-state index in [1.54, 1.807) is 6.26 Å². The molecule has 0 fully saturated rings. The van der Waals surface area contributed by atoms with E-state index < -0.39 is 18.2 Å². The molecule has 2 aromatic rings. The summed E-state index contributed by atoms with van der Waals surface area (Å²) in [5.41, 5.74) is 1.39. The molecule has 4 rings (SSSR count). The Morgan fingerprint density at radius 3 is 2.36 bits per heavy atom. The Morgan fingerprint density at radius 2 is 1.68 bits per heavy atom. The summed E-state index contributed by atoms with van der Waals surface area (Å²) < 4.78 is 47.0. The van der Waals surface area contributed by atoms with Gasteiger partial charge in [-0.3, -0.25) is 4.79 Å². The third-order valence-electron chi connectivity index (χ3n) is 4.69. The van der Waals surface area contributed by atoms with Gasteiger partial charge in [0.25, 0.3) is 0 Å². The number of carbonyl (C=O) groups excluding carboxylic acids is 1. The van der Waals surface area contributed by atoms with E-state index >= 15 is 0 Å². The molecule has 2 atom stereocenters. The Hall–Kier alpha value is -2.30. The largest absolute Gasteiger partial charge is 0.471 e. The van der Waals surface area contributed by atoms with Gasteiger partial charge in [0.15, 0.2) is 0 Å². The number of halogens is 3. The summed E-state index contributed by atoms with van der Waals surface area (Å²) in [4.78, 5) is 11.7. The van der Waals surface area contributed by atoms with Crippen LogP contribution >= 0.6 is 0 Å². The highest BCUT2D eigenvalue weighted by atomic mass is 19.4. The number of aliphatic hydroxyl groups is 2. The second-order valence-corrected chi connectivity index (χ2v) is 6.61. The standard InChI is InChI=1S/C10H10F3NO3.C8H11NO2/c11-10(12,13)9(16)14-3-1-7(15)6-2-4-17-8(6)5-14;10-7-1-3-9-5-8-6(7)2-4-11-8/h2,4,7,15H,1,3,5H2;2,4,7,9-10H,1,3,5H2. The van der Waals surface area contributed by atoms with Crippen molar-refractivity contribution in [2.75, 3.05) is 13.1 Å².